The second kappa shape index (κ2) is 10.5. The maximum absolute atomic E-state index is 13.6. The number of ether oxygens (including phenoxy) is 1. The summed E-state index contributed by atoms with van der Waals surface area (Å²) in [6, 6.07) is 6.93. The number of fused-ring (bicyclic) bond motifs is 1. The lowest BCUT2D eigenvalue weighted by Gasteiger charge is -2.39. The third-order valence-electron chi connectivity index (χ3n) is 5.85. The van der Waals surface area contributed by atoms with Gasteiger partial charge in [0.2, 0.25) is 11.8 Å². The minimum atomic E-state index is -2.86. The summed E-state index contributed by atoms with van der Waals surface area (Å²) in [7, 11) is 0. The van der Waals surface area contributed by atoms with Crippen LogP contribution in [-0.4, -0.2) is 41.2 Å². The number of alkyl halides is 2. The van der Waals surface area contributed by atoms with Crippen LogP contribution in [-0.2, 0) is 17.6 Å². The lowest BCUT2D eigenvalue weighted by atomic mass is 9.88. The van der Waals surface area contributed by atoms with E-state index in [0.717, 1.165) is 25.1 Å². The van der Waals surface area contributed by atoms with E-state index in [1.807, 2.05) is 13.8 Å². The minimum absolute atomic E-state index is 0.0166. The Labute approximate surface area is 202 Å². The summed E-state index contributed by atoms with van der Waals surface area (Å²) in [5, 5.41) is 16.8. The van der Waals surface area contributed by atoms with E-state index in [9.17, 15) is 27.5 Å². The lowest BCUT2D eigenvalue weighted by molar-refractivity contribution is -0.120. The Balaban J connectivity index is 1.77. The predicted octanol–water partition coefficient (Wildman–Crippen LogP) is 4.46. The smallest absolute Gasteiger partial charge is 0.249 e. The molecule has 3 atom stereocenters. The zero-order valence-corrected chi connectivity index (χ0v) is 20.3. The third-order valence-corrected chi connectivity index (χ3v) is 5.85. The molecule has 2 aromatic rings. The van der Waals surface area contributed by atoms with Crippen molar-refractivity contribution in [3.8, 4) is 5.75 Å². The van der Waals surface area contributed by atoms with Crippen LogP contribution in [0.15, 0.2) is 36.4 Å². The molecule has 0 radical (unpaired) electrons. The molecule has 0 spiro atoms. The Morgan fingerprint density at radius 3 is 2.43 bits per heavy atom. The number of carbonyl (C=O) groups excluding carboxylic acids is 1. The number of rotatable bonds is 9. The normalized spacial score (nSPS) is 18.8. The van der Waals surface area contributed by atoms with Gasteiger partial charge >= 0.3 is 0 Å². The molecule has 3 N–H and O–H groups in total. The highest BCUT2D eigenvalue weighted by molar-refractivity contribution is 5.73. The average Bonchev–Trinajstić information content (AvgIpc) is 2.69. The number of hydrogen-bond donors (Lipinski definition) is 3. The molecule has 0 bridgehead atoms. The fraction of sp³-hybridized carbons (Fsp3) is 0.500. The highest BCUT2D eigenvalue weighted by Crippen LogP contribution is 2.40. The van der Waals surface area contributed by atoms with Crippen molar-refractivity contribution in [3.63, 3.8) is 0 Å². The van der Waals surface area contributed by atoms with Gasteiger partial charge in [-0.1, -0.05) is 12.1 Å². The number of hydrogen-bond acceptors (Lipinski definition) is 4. The second-order valence-corrected chi connectivity index (χ2v) is 10.0. The molecule has 1 aliphatic rings. The Morgan fingerprint density at radius 1 is 1.17 bits per heavy atom. The largest absolute Gasteiger partial charge is 0.487 e. The van der Waals surface area contributed by atoms with Gasteiger partial charge in [0, 0.05) is 44.0 Å². The van der Waals surface area contributed by atoms with E-state index >= 15 is 0 Å². The Hall–Kier alpha value is -2.65. The van der Waals surface area contributed by atoms with Crippen molar-refractivity contribution in [2.75, 3.05) is 6.54 Å². The zero-order chi connectivity index (χ0) is 26.0. The van der Waals surface area contributed by atoms with Crippen LogP contribution >= 0.6 is 0 Å². The highest BCUT2D eigenvalue weighted by Gasteiger charge is 2.35. The monoisotopic (exact) mass is 496 g/mol. The van der Waals surface area contributed by atoms with E-state index in [1.165, 1.54) is 6.92 Å². The van der Waals surface area contributed by atoms with Gasteiger partial charge in [-0.2, -0.15) is 0 Å². The average molecular weight is 497 g/mol. The van der Waals surface area contributed by atoms with Crippen LogP contribution in [0.4, 0.5) is 17.6 Å². The second-order valence-electron chi connectivity index (χ2n) is 10.0. The molecule has 0 aromatic heterocycles. The molecular formula is C26H32F4N2O3. The highest BCUT2D eigenvalue weighted by atomic mass is 19.3. The first-order valence-electron chi connectivity index (χ1n) is 11.5. The molecule has 2 aromatic carbocycles. The molecule has 3 rings (SSSR count). The molecule has 0 saturated carbocycles. The topological polar surface area (TPSA) is 70.6 Å². The number of benzene rings is 2. The minimum Gasteiger partial charge on any atom is -0.487 e. The summed E-state index contributed by atoms with van der Waals surface area (Å²) in [6.07, 6.45) is -0.974. The lowest BCUT2D eigenvalue weighted by Crippen LogP contribution is -2.49. The molecule has 1 aliphatic heterocycles. The van der Waals surface area contributed by atoms with Gasteiger partial charge in [-0.25, -0.2) is 17.6 Å². The number of carbonyl (C=O) groups is 1. The van der Waals surface area contributed by atoms with Crippen LogP contribution in [0.1, 0.15) is 56.8 Å². The van der Waals surface area contributed by atoms with E-state index in [2.05, 4.69) is 10.6 Å². The first-order valence-corrected chi connectivity index (χ1v) is 11.5. The van der Waals surface area contributed by atoms with Gasteiger partial charge < -0.3 is 20.5 Å². The molecular weight excluding hydrogens is 464 g/mol. The molecule has 0 fully saturated rings. The van der Waals surface area contributed by atoms with Crippen molar-refractivity contribution in [2.45, 2.75) is 76.7 Å². The first kappa shape index (κ1) is 26.9. The predicted molar refractivity (Wildman–Crippen MR) is 125 cm³/mol. The van der Waals surface area contributed by atoms with E-state index < -0.39 is 47.6 Å². The molecule has 5 nitrogen and oxygen atoms in total. The maximum atomic E-state index is 13.6. The Bertz CT molecular complexity index is 1040. The Kier molecular flexibility index (Phi) is 8.11. The standard InChI is InChI=1S/C26H32F4N2O3/c1-15(33)32-21(10-17-7-18(27)11-19(28)8-17)23(34)14-31-22-13-25(2,3)35-24-6-5-16(9-20(22)24)12-26(4,29)30/h5-9,11,21-23,31,34H,10,12-14H2,1-4H3,(H,32,33)/t21-,22-,23+/m0/s1. The van der Waals surface area contributed by atoms with Crippen molar-refractivity contribution in [2.24, 2.45) is 0 Å². The Morgan fingerprint density at radius 2 is 1.83 bits per heavy atom. The van der Waals surface area contributed by atoms with Crippen LogP contribution in [0.2, 0.25) is 0 Å². The number of aliphatic hydroxyl groups is 1. The van der Waals surface area contributed by atoms with Crippen LogP contribution in [0.5, 0.6) is 5.75 Å². The van der Waals surface area contributed by atoms with E-state index in [1.54, 1.807) is 18.2 Å². The van der Waals surface area contributed by atoms with Gasteiger partial charge in [0.05, 0.1) is 12.1 Å². The van der Waals surface area contributed by atoms with Crippen LogP contribution in [0.25, 0.3) is 0 Å². The van der Waals surface area contributed by atoms with Crippen molar-refractivity contribution in [3.05, 3.63) is 64.7 Å². The number of halogens is 4. The summed E-state index contributed by atoms with van der Waals surface area (Å²) in [6.45, 7) is 6.02. The molecule has 0 aliphatic carbocycles. The van der Waals surface area contributed by atoms with Crippen molar-refractivity contribution in [1.82, 2.24) is 10.6 Å². The fourth-order valence-electron chi connectivity index (χ4n) is 4.49. The van der Waals surface area contributed by atoms with Gasteiger partial charge in [-0.05, 0) is 56.5 Å². The van der Waals surface area contributed by atoms with Crippen LogP contribution in [0, 0.1) is 11.6 Å². The summed E-state index contributed by atoms with van der Waals surface area (Å²) in [4.78, 5) is 11.7. The van der Waals surface area contributed by atoms with Gasteiger partial charge in [0.15, 0.2) is 0 Å². The van der Waals surface area contributed by atoms with Crippen molar-refractivity contribution < 1.29 is 32.2 Å². The third kappa shape index (κ3) is 7.93. The molecule has 1 amide bonds. The first-order chi connectivity index (χ1) is 16.2. The van der Waals surface area contributed by atoms with E-state index in [-0.39, 0.29) is 19.0 Å². The molecule has 0 saturated heterocycles. The van der Waals surface area contributed by atoms with Crippen molar-refractivity contribution in [1.29, 1.82) is 0 Å². The fourth-order valence-corrected chi connectivity index (χ4v) is 4.49. The molecule has 9 heteroatoms. The summed E-state index contributed by atoms with van der Waals surface area (Å²) < 4.78 is 60.4. The van der Waals surface area contributed by atoms with Crippen LogP contribution < -0.4 is 15.4 Å². The maximum Gasteiger partial charge on any atom is 0.249 e. The molecule has 35 heavy (non-hydrogen) atoms. The summed E-state index contributed by atoms with van der Waals surface area (Å²) >= 11 is 0. The van der Waals surface area contributed by atoms with Crippen molar-refractivity contribution >= 4 is 5.91 Å². The van der Waals surface area contributed by atoms with Gasteiger partial charge in [0.25, 0.3) is 0 Å². The van der Waals surface area contributed by atoms with Gasteiger partial charge in [-0.15, -0.1) is 0 Å². The number of amides is 1. The number of nitrogens with one attached hydrogen (secondary N) is 2. The summed E-state index contributed by atoms with van der Waals surface area (Å²) in [5.41, 5.74) is 0.933. The molecule has 0 unspecified atom stereocenters. The molecule has 192 valence electrons. The summed E-state index contributed by atoms with van der Waals surface area (Å²) in [5.74, 6) is -4.17. The van der Waals surface area contributed by atoms with Gasteiger partial charge in [-0.3, -0.25) is 4.79 Å². The molecule has 1 heterocycles. The quantitative estimate of drug-likeness (QED) is 0.449. The van der Waals surface area contributed by atoms with E-state index in [4.69, 9.17) is 4.74 Å². The zero-order valence-electron chi connectivity index (χ0n) is 20.3. The SMILES string of the molecule is CC(=O)N[C@@H](Cc1cc(F)cc(F)c1)[C@H](O)CN[C@H]1CC(C)(C)Oc2ccc(CC(C)(F)F)cc21. The van der Waals surface area contributed by atoms with E-state index in [0.29, 0.717) is 28.9 Å². The number of aliphatic hydroxyl groups excluding tert-OH is 1. The van der Waals surface area contributed by atoms with Gasteiger partial charge in [0.1, 0.15) is 23.0 Å². The van der Waals surface area contributed by atoms with Crippen LogP contribution in [0.3, 0.4) is 0 Å².